The molecule has 0 heterocycles. The molecule has 0 unspecified atom stereocenters. The normalized spacial score (nSPS) is 12.7. The zero-order chi connectivity index (χ0) is 22.3. The van der Waals surface area contributed by atoms with Crippen molar-refractivity contribution in [3.05, 3.63) is 74.8 Å². The first-order chi connectivity index (χ1) is 14.2. The highest BCUT2D eigenvalue weighted by molar-refractivity contribution is 6.31. The summed E-state index contributed by atoms with van der Waals surface area (Å²) in [4.78, 5) is 38.1. The van der Waals surface area contributed by atoms with Gasteiger partial charge in [-0.05, 0) is 31.9 Å². The van der Waals surface area contributed by atoms with Gasteiger partial charge in [-0.3, -0.25) is 19.7 Å². The van der Waals surface area contributed by atoms with Gasteiger partial charge in [-0.25, -0.2) is 0 Å². The van der Waals surface area contributed by atoms with E-state index in [1.54, 1.807) is 49.4 Å². The predicted molar refractivity (Wildman–Crippen MR) is 116 cm³/mol. The van der Waals surface area contributed by atoms with Crippen LogP contribution in [0, 0.1) is 10.1 Å². The van der Waals surface area contributed by atoms with E-state index >= 15 is 0 Å². The lowest BCUT2D eigenvalue weighted by atomic mass is 10.1. The van der Waals surface area contributed by atoms with Crippen LogP contribution < -0.4 is 5.32 Å². The Hall–Kier alpha value is -2.93. The van der Waals surface area contributed by atoms with E-state index in [2.05, 4.69) is 5.32 Å². The van der Waals surface area contributed by atoms with Crippen LogP contribution in [-0.4, -0.2) is 33.7 Å². The Morgan fingerprint density at radius 2 is 1.70 bits per heavy atom. The third-order valence-electron chi connectivity index (χ3n) is 5.00. The highest BCUT2D eigenvalue weighted by Crippen LogP contribution is 2.22. The lowest BCUT2D eigenvalue weighted by Gasteiger charge is -2.30. The van der Waals surface area contributed by atoms with Crippen LogP contribution in [0.2, 0.25) is 5.02 Å². The average molecular weight is 432 g/mol. The van der Waals surface area contributed by atoms with E-state index in [-0.39, 0.29) is 30.6 Å². The van der Waals surface area contributed by atoms with E-state index in [0.717, 1.165) is 6.42 Å². The molecule has 30 heavy (non-hydrogen) atoms. The van der Waals surface area contributed by atoms with Crippen LogP contribution in [0.25, 0.3) is 0 Å². The second-order valence-corrected chi connectivity index (χ2v) is 7.58. The number of hydrogen-bond acceptors (Lipinski definition) is 4. The van der Waals surface area contributed by atoms with Crippen molar-refractivity contribution in [3.8, 4) is 0 Å². The molecule has 8 heteroatoms. The highest BCUT2D eigenvalue weighted by atomic mass is 35.5. The first kappa shape index (κ1) is 23.3. The summed E-state index contributed by atoms with van der Waals surface area (Å²) in [5, 5.41) is 14.7. The van der Waals surface area contributed by atoms with Crippen molar-refractivity contribution in [2.75, 3.05) is 0 Å². The smallest absolute Gasteiger partial charge is 0.273 e. The van der Waals surface area contributed by atoms with Gasteiger partial charge in [0.05, 0.1) is 11.3 Å². The zero-order valence-electron chi connectivity index (χ0n) is 17.3. The monoisotopic (exact) mass is 431 g/mol. The topological polar surface area (TPSA) is 92.6 Å². The molecule has 0 spiro atoms. The van der Waals surface area contributed by atoms with Crippen molar-refractivity contribution in [1.29, 1.82) is 0 Å². The molecule has 0 fully saturated rings. The lowest BCUT2D eigenvalue weighted by molar-refractivity contribution is -0.385. The minimum atomic E-state index is -0.773. The number of amides is 2. The molecule has 7 nitrogen and oxygen atoms in total. The van der Waals surface area contributed by atoms with Gasteiger partial charge in [0.25, 0.3) is 5.69 Å². The third-order valence-corrected chi connectivity index (χ3v) is 5.37. The van der Waals surface area contributed by atoms with Crippen LogP contribution in [-0.2, 0) is 22.6 Å². The quantitative estimate of drug-likeness (QED) is 0.477. The fourth-order valence-corrected chi connectivity index (χ4v) is 3.16. The van der Waals surface area contributed by atoms with Gasteiger partial charge < -0.3 is 10.2 Å². The molecule has 160 valence electrons. The Morgan fingerprint density at radius 3 is 2.30 bits per heavy atom. The van der Waals surface area contributed by atoms with Crippen LogP contribution in [0.4, 0.5) is 5.69 Å². The maximum Gasteiger partial charge on any atom is 0.273 e. The van der Waals surface area contributed by atoms with Gasteiger partial charge >= 0.3 is 0 Å². The number of nitrogens with one attached hydrogen (secondary N) is 1. The molecule has 0 saturated carbocycles. The number of carbonyl (C=O) groups excluding carboxylic acids is 2. The van der Waals surface area contributed by atoms with Crippen LogP contribution in [0.1, 0.15) is 38.3 Å². The molecular formula is C22H26ClN3O4. The molecule has 2 atom stereocenters. The van der Waals surface area contributed by atoms with Crippen LogP contribution in [0.15, 0.2) is 48.5 Å². The van der Waals surface area contributed by atoms with Gasteiger partial charge in [0.1, 0.15) is 6.04 Å². The Kier molecular flexibility index (Phi) is 8.35. The third kappa shape index (κ3) is 6.03. The lowest BCUT2D eigenvalue weighted by Crippen LogP contribution is -2.50. The summed E-state index contributed by atoms with van der Waals surface area (Å²) in [5.74, 6) is -0.677. The molecule has 2 rings (SSSR count). The molecule has 0 saturated heterocycles. The molecular weight excluding hydrogens is 406 g/mol. The number of benzene rings is 2. The largest absolute Gasteiger partial charge is 0.352 e. The Labute approximate surface area is 181 Å². The van der Waals surface area contributed by atoms with Crippen LogP contribution in [0.3, 0.4) is 0 Å². The molecule has 2 amide bonds. The minimum Gasteiger partial charge on any atom is -0.352 e. The molecule has 2 aromatic rings. The molecule has 0 aliphatic carbocycles. The van der Waals surface area contributed by atoms with E-state index < -0.39 is 16.9 Å². The van der Waals surface area contributed by atoms with Crippen LogP contribution >= 0.6 is 11.6 Å². The number of hydrogen-bond donors (Lipinski definition) is 1. The number of nitrogens with zero attached hydrogens (tertiary/aromatic N) is 2. The van der Waals surface area contributed by atoms with Crippen molar-refractivity contribution in [2.24, 2.45) is 0 Å². The Morgan fingerprint density at radius 1 is 1.10 bits per heavy atom. The standard InChI is InChI=1S/C22H26ClN3O4/c1-4-15(2)24-22(28)16(3)25(14-18-10-5-7-11-19(18)23)21(27)13-17-9-6-8-12-20(17)26(29)30/h5-12,15-16H,4,13-14H2,1-3H3,(H,24,28)/t15-,16-/m1/s1. The molecule has 0 radical (unpaired) electrons. The second-order valence-electron chi connectivity index (χ2n) is 7.17. The Balaban J connectivity index is 2.32. The summed E-state index contributed by atoms with van der Waals surface area (Å²) >= 11 is 6.26. The fourth-order valence-electron chi connectivity index (χ4n) is 2.96. The van der Waals surface area contributed by atoms with E-state index in [1.807, 2.05) is 13.8 Å². The number of carbonyl (C=O) groups is 2. The Bertz CT molecular complexity index is 919. The minimum absolute atomic E-state index is 0.0348. The maximum atomic E-state index is 13.2. The molecule has 1 N–H and O–H groups in total. The van der Waals surface area contributed by atoms with E-state index in [4.69, 9.17) is 11.6 Å². The van der Waals surface area contributed by atoms with Crippen LogP contribution in [0.5, 0.6) is 0 Å². The van der Waals surface area contributed by atoms with E-state index in [9.17, 15) is 19.7 Å². The summed E-state index contributed by atoms with van der Waals surface area (Å²) in [7, 11) is 0. The summed E-state index contributed by atoms with van der Waals surface area (Å²) in [6.07, 6.45) is 0.565. The molecule has 2 aromatic carbocycles. The maximum absolute atomic E-state index is 13.2. The second kappa shape index (κ2) is 10.7. The summed E-state index contributed by atoms with van der Waals surface area (Å²) in [6.45, 7) is 5.61. The van der Waals surface area contributed by atoms with Crippen molar-refractivity contribution in [2.45, 2.75) is 52.2 Å². The summed E-state index contributed by atoms with van der Waals surface area (Å²) in [5.41, 5.74) is 0.865. The van der Waals surface area contributed by atoms with E-state index in [1.165, 1.54) is 11.0 Å². The van der Waals surface area contributed by atoms with Gasteiger partial charge in [0.15, 0.2) is 0 Å². The number of nitro benzene ring substituents is 1. The number of para-hydroxylation sites is 1. The number of rotatable bonds is 9. The number of halogens is 1. The SMILES string of the molecule is CC[C@@H](C)NC(=O)[C@@H](C)N(Cc1ccccc1Cl)C(=O)Cc1ccccc1[N+](=O)[O-]. The van der Waals surface area contributed by atoms with Gasteiger partial charge in [0.2, 0.25) is 11.8 Å². The highest BCUT2D eigenvalue weighted by Gasteiger charge is 2.28. The fraction of sp³-hybridized carbons (Fsp3) is 0.364. The molecule has 0 bridgehead atoms. The molecule has 0 aromatic heterocycles. The average Bonchev–Trinajstić information content (AvgIpc) is 2.72. The molecule has 0 aliphatic rings. The summed E-state index contributed by atoms with van der Waals surface area (Å²) < 4.78 is 0. The van der Waals surface area contributed by atoms with Crippen molar-refractivity contribution in [1.82, 2.24) is 10.2 Å². The first-order valence-electron chi connectivity index (χ1n) is 9.80. The van der Waals surface area contributed by atoms with Crippen molar-refractivity contribution < 1.29 is 14.5 Å². The predicted octanol–water partition coefficient (Wildman–Crippen LogP) is 4.12. The van der Waals surface area contributed by atoms with E-state index in [0.29, 0.717) is 16.1 Å². The number of nitro groups is 1. The first-order valence-corrected chi connectivity index (χ1v) is 10.2. The summed E-state index contributed by atoms with van der Waals surface area (Å²) in [6, 6.07) is 12.4. The van der Waals surface area contributed by atoms with Gasteiger partial charge in [0, 0.05) is 29.2 Å². The van der Waals surface area contributed by atoms with Crippen molar-refractivity contribution >= 4 is 29.1 Å². The van der Waals surface area contributed by atoms with Crippen molar-refractivity contribution in [3.63, 3.8) is 0 Å². The van der Waals surface area contributed by atoms with Gasteiger partial charge in [-0.1, -0.05) is 54.9 Å². The zero-order valence-corrected chi connectivity index (χ0v) is 18.1. The van der Waals surface area contributed by atoms with Gasteiger partial charge in [-0.2, -0.15) is 0 Å². The molecule has 0 aliphatic heterocycles. The van der Waals surface area contributed by atoms with Gasteiger partial charge in [-0.15, -0.1) is 0 Å².